The summed E-state index contributed by atoms with van der Waals surface area (Å²) in [6.07, 6.45) is 3.09. The molecule has 2 fully saturated rings. The summed E-state index contributed by atoms with van der Waals surface area (Å²) in [7, 11) is 1.60. The van der Waals surface area contributed by atoms with Gasteiger partial charge in [0.15, 0.2) is 17.5 Å². The monoisotopic (exact) mass is 631 g/mol. The number of hydrogen-bond acceptors (Lipinski definition) is 8. The predicted octanol–water partition coefficient (Wildman–Crippen LogP) is 4.94. The van der Waals surface area contributed by atoms with Crippen LogP contribution in [0.1, 0.15) is 49.3 Å². The van der Waals surface area contributed by atoms with Gasteiger partial charge >= 0.3 is 5.97 Å². The number of aromatic nitrogens is 1. The summed E-state index contributed by atoms with van der Waals surface area (Å²) in [6, 6.07) is 7.23. The van der Waals surface area contributed by atoms with Gasteiger partial charge in [-0.1, -0.05) is 0 Å². The molecule has 2 aliphatic rings. The summed E-state index contributed by atoms with van der Waals surface area (Å²) >= 11 is 0. The van der Waals surface area contributed by atoms with Crippen LogP contribution < -0.4 is 9.47 Å². The molecule has 3 heterocycles. The van der Waals surface area contributed by atoms with Crippen molar-refractivity contribution in [1.82, 2.24) is 14.8 Å². The molecule has 0 spiro atoms. The van der Waals surface area contributed by atoms with Gasteiger partial charge in [-0.05, 0) is 73.5 Å². The molecule has 45 heavy (non-hydrogen) atoms. The predicted molar refractivity (Wildman–Crippen MR) is 161 cm³/mol. The molecular formula is C33H40F3N3O6. The van der Waals surface area contributed by atoms with E-state index in [9.17, 15) is 28.2 Å². The molecule has 2 aromatic carbocycles. The molecule has 0 saturated carbocycles. The fraction of sp³-hybridized carbons (Fsp3) is 0.515. The van der Waals surface area contributed by atoms with Gasteiger partial charge in [0.25, 0.3) is 0 Å². The van der Waals surface area contributed by atoms with Gasteiger partial charge in [-0.3, -0.25) is 19.6 Å². The van der Waals surface area contributed by atoms with E-state index in [1.54, 1.807) is 7.11 Å². The fourth-order valence-electron chi connectivity index (χ4n) is 6.46. The molecule has 0 radical (unpaired) electrons. The normalized spacial score (nSPS) is 18.2. The van der Waals surface area contributed by atoms with Crippen LogP contribution in [0.3, 0.4) is 0 Å². The minimum atomic E-state index is -1.54. The lowest BCUT2D eigenvalue weighted by Gasteiger charge is -2.41. The number of hydrogen-bond donors (Lipinski definition) is 2. The molecule has 0 aliphatic carbocycles. The second kappa shape index (κ2) is 14.8. The van der Waals surface area contributed by atoms with E-state index in [-0.39, 0.29) is 18.8 Å². The third-order valence-electron chi connectivity index (χ3n) is 9.05. The summed E-state index contributed by atoms with van der Waals surface area (Å²) in [5.74, 6) is -4.47. The third-order valence-corrected chi connectivity index (χ3v) is 9.05. The van der Waals surface area contributed by atoms with E-state index in [0.717, 1.165) is 47.3 Å². The van der Waals surface area contributed by atoms with Crippen LogP contribution in [0, 0.1) is 22.9 Å². The molecule has 2 saturated heterocycles. The number of methoxy groups -OCH3 is 1. The molecule has 2 N–H and O–H groups in total. The zero-order valence-corrected chi connectivity index (χ0v) is 25.4. The maximum Gasteiger partial charge on any atom is 0.303 e. The molecule has 0 unspecified atom stereocenters. The van der Waals surface area contributed by atoms with Gasteiger partial charge in [0.1, 0.15) is 18.1 Å². The van der Waals surface area contributed by atoms with Gasteiger partial charge in [0.2, 0.25) is 0 Å². The minimum absolute atomic E-state index is 0.0102. The third kappa shape index (κ3) is 8.23. The molecule has 244 valence electrons. The average molecular weight is 632 g/mol. The van der Waals surface area contributed by atoms with E-state index in [1.807, 2.05) is 24.4 Å². The molecule has 1 atom stereocenters. The van der Waals surface area contributed by atoms with Crippen molar-refractivity contribution >= 4 is 16.9 Å². The largest absolute Gasteiger partial charge is 0.497 e. The molecule has 0 bridgehead atoms. The number of likely N-dealkylation sites (tertiary alicyclic amines) is 1. The highest BCUT2D eigenvalue weighted by atomic mass is 19.2. The Morgan fingerprint density at radius 3 is 2.42 bits per heavy atom. The van der Waals surface area contributed by atoms with Crippen LogP contribution in [-0.2, 0) is 16.1 Å². The van der Waals surface area contributed by atoms with E-state index >= 15 is 0 Å². The van der Waals surface area contributed by atoms with Crippen molar-refractivity contribution in [2.24, 2.45) is 5.41 Å². The topological polar surface area (TPSA) is 105 Å². The molecule has 3 aromatic rings. The van der Waals surface area contributed by atoms with Crippen molar-refractivity contribution in [3.05, 3.63) is 65.1 Å². The second-order valence-electron chi connectivity index (χ2n) is 12.0. The molecular weight excluding hydrogens is 591 g/mol. The standard InChI is InChI=1S/C33H40F3N3O6/c1-43-23-2-3-28-25(16-23)31(22(20-37-28)21-39-10-13-44-14-11-39)29(40)4-5-33(19-30(41)42)6-8-38(9-7-33)12-15-45-24-17-26(34)32(36)27(35)18-24/h2-3,16-18,20,29,40H,4-15,19,21H2,1H3,(H,41,42)/t29-/m1/s1. The Labute approximate surface area is 260 Å². The number of ether oxygens (including phenoxy) is 3. The van der Waals surface area contributed by atoms with E-state index < -0.39 is 34.9 Å². The maximum atomic E-state index is 13.5. The second-order valence-corrected chi connectivity index (χ2v) is 12.0. The summed E-state index contributed by atoms with van der Waals surface area (Å²) < 4.78 is 56.7. The van der Waals surface area contributed by atoms with Gasteiger partial charge in [0.05, 0.1) is 38.4 Å². The summed E-state index contributed by atoms with van der Waals surface area (Å²) in [4.78, 5) is 21.0. The SMILES string of the molecule is COc1ccc2ncc(CN3CCOCC3)c([C@H](O)CCC3(CC(=O)O)CCN(CCOc4cc(F)c(F)c(F)c4)CC3)c2c1. The zero-order chi connectivity index (χ0) is 32.0. The van der Waals surface area contributed by atoms with Crippen LogP contribution in [-0.4, -0.2) is 90.6 Å². The Kier molecular flexibility index (Phi) is 10.8. The number of carboxylic acids is 1. The van der Waals surface area contributed by atoms with Crippen LogP contribution in [0.4, 0.5) is 13.2 Å². The lowest BCUT2D eigenvalue weighted by atomic mass is 9.71. The quantitative estimate of drug-likeness (QED) is 0.254. The van der Waals surface area contributed by atoms with Crippen LogP contribution >= 0.6 is 0 Å². The number of carbonyl (C=O) groups is 1. The molecule has 0 amide bonds. The molecule has 1 aromatic heterocycles. The number of carboxylic acid groups (broad SMARTS) is 1. The van der Waals surface area contributed by atoms with Crippen molar-refractivity contribution in [3.63, 3.8) is 0 Å². The first-order valence-corrected chi connectivity index (χ1v) is 15.3. The number of aliphatic hydroxyl groups is 1. The Bertz CT molecular complexity index is 1450. The summed E-state index contributed by atoms with van der Waals surface area (Å²) in [5.41, 5.74) is 1.96. The maximum absolute atomic E-state index is 13.5. The zero-order valence-electron chi connectivity index (χ0n) is 25.4. The van der Waals surface area contributed by atoms with Gasteiger partial charge in [-0.15, -0.1) is 0 Å². The first-order chi connectivity index (χ1) is 21.7. The molecule has 9 nitrogen and oxygen atoms in total. The lowest BCUT2D eigenvalue weighted by Crippen LogP contribution is -2.42. The van der Waals surface area contributed by atoms with Crippen molar-refractivity contribution in [1.29, 1.82) is 0 Å². The number of aliphatic carboxylic acids is 1. The van der Waals surface area contributed by atoms with Crippen molar-refractivity contribution in [2.45, 2.75) is 44.8 Å². The lowest BCUT2D eigenvalue weighted by molar-refractivity contribution is -0.141. The van der Waals surface area contributed by atoms with Gasteiger partial charge in [-0.25, -0.2) is 13.2 Å². The Morgan fingerprint density at radius 1 is 1.04 bits per heavy atom. The minimum Gasteiger partial charge on any atom is -0.497 e. The van der Waals surface area contributed by atoms with Crippen LogP contribution in [0.25, 0.3) is 10.9 Å². The van der Waals surface area contributed by atoms with Crippen LogP contribution in [0.5, 0.6) is 11.5 Å². The van der Waals surface area contributed by atoms with Crippen LogP contribution in [0.15, 0.2) is 36.5 Å². The molecule has 12 heteroatoms. The summed E-state index contributed by atoms with van der Waals surface area (Å²) in [5, 5.41) is 22.4. The van der Waals surface area contributed by atoms with E-state index in [4.69, 9.17) is 14.2 Å². The first-order valence-electron chi connectivity index (χ1n) is 15.3. The highest BCUT2D eigenvalue weighted by molar-refractivity contribution is 5.85. The number of fused-ring (bicyclic) bond motifs is 1. The first kappa shape index (κ1) is 32.9. The van der Waals surface area contributed by atoms with Crippen molar-refractivity contribution < 1.29 is 42.4 Å². The number of benzene rings is 2. The highest BCUT2D eigenvalue weighted by Gasteiger charge is 2.37. The number of pyridine rings is 1. The molecule has 2 aliphatic heterocycles. The number of halogens is 3. The van der Waals surface area contributed by atoms with Gasteiger partial charge in [0, 0.05) is 49.9 Å². The van der Waals surface area contributed by atoms with E-state index in [2.05, 4.69) is 14.8 Å². The summed E-state index contributed by atoms with van der Waals surface area (Å²) in [6.45, 7) is 5.30. The number of aliphatic hydroxyl groups excluding tert-OH is 1. The smallest absolute Gasteiger partial charge is 0.303 e. The van der Waals surface area contributed by atoms with Crippen LogP contribution in [0.2, 0.25) is 0 Å². The number of morpholine rings is 1. The van der Waals surface area contributed by atoms with Gasteiger partial charge in [-0.2, -0.15) is 0 Å². The Morgan fingerprint density at radius 2 is 1.76 bits per heavy atom. The Balaban J connectivity index is 1.26. The van der Waals surface area contributed by atoms with Gasteiger partial charge < -0.3 is 24.4 Å². The average Bonchev–Trinajstić information content (AvgIpc) is 3.03. The van der Waals surface area contributed by atoms with Crippen molar-refractivity contribution in [2.75, 3.05) is 59.7 Å². The van der Waals surface area contributed by atoms with Crippen molar-refractivity contribution in [3.8, 4) is 11.5 Å². The molecule has 5 rings (SSSR count). The Hall–Kier alpha value is -3.45. The number of nitrogens with zero attached hydrogens (tertiary/aromatic N) is 3. The fourth-order valence-corrected chi connectivity index (χ4v) is 6.46. The highest BCUT2D eigenvalue weighted by Crippen LogP contribution is 2.42. The number of piperidine rings is 1. The number of rotatable bonds is 13. The van der Waals surface area contributed by atoms with E-state index in [0.29, 0.717) is 70.8 Å². The van der Waals surface area contributed by atoms with E-state index in [1.165, 1.54) is 0 Å².